The van der Waals surface area contributed by atoms with E-state index in [9.17, 15) is 0 Å². The first kappa shape index (κ1) is 13.7. The molecule has 1 aliphatic rings. The Labute approximate surface area is 115 Å². The van der Waals surface area contributed by atoms with Crippen LogP contribution in [0.4, 0.5) is 0 Å². The number of rotatable bonds is 5. The molecule has 18 heavy (non-hydrogen) atoms. The van der Waals surface area contributed by atoms with Gasteiger partial charge in [-0.25, -0.2) is 0 Å². The quantitative estimate of drug-likeness (QED) is 0.878. The van der Waals surface area contributed by atoms with Crippen molar-refractivity contribution in [2.24, 2.45) is 11.3 Å². The summed E-state index contributed by atoms with van der Waals surface area (Å²) in [6.45, 7) is 8.81. The molecule has 1 aliphatic carbocycles. The second kappa shape index (κ2) is 5.10. The third-order valence-electron chi connectivity index (χ3n) is 4.21. The molecule has 2 nitrogen and oxygen atoms in total. The molecule has 2 atom stereocenters. The van der Waals surface area contributed by atoms with Crippen molar-refractivity contribution in [3.8, 4) is 5.75 Å². The Morgan fingerprint density at radius 2 is 2.11 bits per heavy atom. The highest BCUT2D eigenvalue weighted by Crippen LogP contribution is 2.66. The first-order valence-electron chi connectivity index (χ1n) is 6.57. The van der Waals surface area contributed by atoms with E-state index in [1.165, 1.54) is 5.56 Å². The van der Waals surface area contributed by atoms with Crippen LogP contribution in [-0.2, 0) is 0 Å². The largest absolute Gasteiger partial charge is 0.496 e. The summed E-state index contributed by atoms with van der Waals surface area (Å²) in [6, 6.07) is 5.90. The predicted molar refractivity (Wildman–Crippen MR) is 76.6 cm³/mol. The molecule has 0 amide bonds. The molecule has 0 radical (unpaired) electrons. The standard InChI is InChI=1S/C15H22ClNO/c1-5-17-9-10-14(15(10,2)3)13-11(16)7-6-8-12(13)18-4/h6-8,10,14,17H,5,9H2,1-4H3. The lowest BCUT2D eigenvalue weighted by Gasteiger charge is -2.11. The maximum atomic E-state index is 6.37. The van der Waals surface area contributed by atoms with Gasteiger partial charge in [-0.3, -0.25) is 0 Å². The lowest BCUT2D eigenvalue weighted by atomic mass is 10.0. The number of hydrogen-bond acceptors (Lipinski definition) is 2. The molecule has 0 spiro atoms. The van der Waals surface area contributed by atoms with E-state index in [1.807, 2.05) is 18.2 Å². The second-order valence-electron chi connectivity index (χ2n) is 5.57. The van der Waals surface area contributed by atoms with E-state index in [-0.39, 0.29) is 0 Å². The molecule has 3 heteroatoms. The van der Waals surface area contributed by atoms with Crippen molar-refractivity contribution < 1.29 is 4.74 Å². The summed E-state index contributed by atoms with van der Waals surface area (Å²) in [4.78, 5) is 0. The zero-order chi connectivity index (χ0) is 13.3. The average Bonchev–Trinajstić information content (AvgIpc) is 2.87. The fraction of sp³-hybridized carbons (Fsp3) is 0.600. The molecular formula is C15H22ClNO. The van der Waals surface area contributed by atoms with Gasteiger partial charge in [-0.1, -0.05) is 38.4 Å². The van der Waals surface area contributed by atoms with Gasteiger partial charge < -0.3 is 10.1 Å². The molecule has 1 aromatic carbocycles. The van der Waals surface area contributed by atoms with Crippen LogP contribution in [-0.4, -0.2) is 20.2 Å². The van der Waals surface area contributed by atoms with E-state index in [1.54, 1.807) is 7.11 Å². The third-order valence-corrected chi connectivity index (χ3v) is 4.54. The fourth-order valence-corrected chi connectivity index (χ4v) is 3.28. The van der Waals surface area contributed by atoms with Crippen LogP contribution in [0.15, 0.2) is 18.2 Å². The highest BCUT2D eigenvalue weighted by atomic mass is 35.5. The summed E-state index contributed by atoms with van der Waals surface area (Å²) in [5, 5.41) is 4.26. The fourth-order valence-electron chi connectivity index (χ4n) is 3.00. The number of methoxy groups -OCH3 is 1. The normalized spacial score (nSPS) is 24.9. The van der Waals surface area contributed by atoms with Crippen LogP contribution in [0.5, 0.6) is 5.75 Å². The Balaban J connectivity index is 2.27. The lowest BCUT2D eigenvalue weighted by Crippen LogP contribution is -2.17. The van der Waals surface area contributed by atoms with Gasteiger partial charge in [0.05, 0.1) is 7.11 Å². The van der Waals surface area contributed by atoms with E-state index in [4.69, 9.17) is 16.3 Å². The SMILES string of the molecule is CCNCC1C(c2c(Cl)cccc2OC)C1(C)C. The zero-order valence-corrected chi connectivity index (χ0v) is 12.3. The van der Waals surface area contributed by atoms with E-state index in [0.29, 0.717) is 17.3 Å². The van der Waals surface area contributed by atoms with E-state index < -0.39 is 0 Å². The molecule has 1 N–H and O–H groups in total. The molecule has 0 saturated heterocycles. The monoisotopic (exact) mass is 267 g/mol. The summed E-state index contributed by atoms with van der Waals surface area (Å²) in [7, 11) is 1.71. The lowest BCUT2D eigenvalue weighted by molar-refractivity contribution is 0.407. The van der Waals surface area contributed by atoms with Gasteiger partial charge in [0, 0.05) is 10.6 Å². The molecule has 0 aromatic heterocycles. The van der Waals surface area contributed by atoms with Gasteiger partial charge in [0.1, 0.15) is 5.75 Å². The number of halogens is 1. The van der Waals surface area contributed by atoms with Crippen molar-refractivity contribution >= 4 is 11.6 Å². The Bertz CT molecular complexity index is 431. The van der Waals surface area contributed by atoms with Crippen molar-refractivity contribution in [2.45, 2.75) is 26.7 Å². The van der Waals surface area contributed by atoms with E-state index >= 15 is 0 Å². The molecule has 1 saturated carbocycles. The van der Waals surface area contributed by atoms with Crippen LogP contribution in [0, 0.1) is 11.3 Å². The molecule has 100 valence electrons. The minimum absolute atomic E-state index is 0.292. The molecule has 2 rings (SSSR count). The van der Waals surface area contributed by atoms with Gasteiger partial charge in [0.15, 0.2) is 0 Å². The second-order valence-corrected chi connectivity index (χ2v) is 5.98. The smallest absolute Gasteiger partial charge is 0.123 e. The average molecular weight is 268 g/mol. The topological polar surface area (TPSA) is 21.3 Å². The van der Waals surface area contributed by atoms with E-state index in [2.05, 4.69) is 26.1 Å². The summed E-state index contributed by atoms with van der Waals surface area (Å²) in [5.74, 6) is 2.03. The first-order valence-corrected chi connectivity index (χ1v) is 6.95. The molecular weight excluding hydrogens is 246 g/mol. The van der Waals surface area contributed by atoms with Crippen LogP contribution in [0.25, 0.3) is 0 Å². The van der Waals surface area contributed by atoms with Crippen molar-refractivity contribution in [3.05, 3.63) is 28.8 Å². The van der Waals surface area contributed by atoms with Crippen LogP contribution in [0.2, 0.25) is 5.02 Å². The third kappa shape index (κ3) is 2.24. The minimum atomic E-state index is 0.292. The van der Waals surface area contributed by atoms with E-state index in [0.717, 1.165) is 23.9 Å². The summed E-state index contributed by atoms with van der Waals surface area (Å²) < 4.78 is 5.47. The summed E-state index contributed by atoms with van der Waals surface area (Å²) in [6.07, 6.45) is 0. The van der Waals surface area contributed by atoms with Gasteiger partial charge in [0.25, 0.3) is 0 Å². The van der Waals surface area contributed by atoms with Gasteiger partial charge >= 0.3 is 0 Å². The van der Waals surface area contributed by atoms with Crippen LogP contribution in [0.3, 0.4) is 0 Å². The van der Waals surface area contributed by atoms with Gasteiger partial charge in [-0.15, -0.1) is 0 Å². The molecule has 0 heterocycles. The number of nitrogens with one attached hydrogen (secondary N) is 1. The first-order chi connectivity index (χ1) is 8.54. The number of ether oxygens (including phenoxy) is 1. The van der Waals surface area contributed by atoms with Gasteiger partial charge in [0.2, 0.25) is 0 Å². The Morgan fingerprint density at radius 1 is 1.39 bits per heavy atom. The zero-order valence-electron chi connectivity index (χ0n) is 11.6. The van der Waals surface area contributed by atoms with Crippen molar-refractivity contribution in [2.75, 3.05) is 20.2 Å². The van der Waals surface area contributed by atoms with Crippen LogP contribution < -0.4 is 10.1 Å². The van der Waals surface area contributed by atoms with Crippen LogP contribution >= 0.6 is 11.6 Å². The summed E-state index contributed by atoms with van der Waals surface area (Å²) >= 11 is 6.37. The maximum Gasteiger partial charge on any atom is 0.123 e. The molecule has 1 aromatic rings. The van der Waals surface area contributed by atoms with Crippen molar-refractivity contribution in [3.63, 3.8) is 0 Å². The van der Waals surface area contributed by atoms with Crippen molar-refractivity contribution in [1.29, 1.82) is 0 Å². The minimum Gasteiger partial charge on any atom is -0.496 e. The summed E-state index contributed by atoms with van der Waals surface area (Å²) in [5.41, 5.74) is 1.47. The van der Waals surface area contributed by atoms with Gasteiger partial charge in [-0.2, -0.15) is 0 Å². The Hall–Kier alpha value is -0.730. The van der Waals surface area contributed by atoms with Crippen molar-refractivity contribution in [1.82, 2.24) is 5.32 Å². The molecule has 0 aliphatic heterocycles. The predicted octanol–water partition coefficient (Wildman–Crippen LogP) is 3.70. The number of hydrogen-bond donors (Lipinski definition) is 1. The Morgan fingerprint density at radius 3 is 2.72 bits per heavy atom. The van der Waals surface area contributed by atoms with Crippen LogP contribution in [0.1, 0.15) is 32.3 Å². The molecule has 1 fully saturated rings. The highest BCUT2D eigenvalue weighted by Gasteiger charge is 2.59. The number of benzene rings is 1. The molecule has 0 bridgehead atoms. The highest BCUT2D eigenvalue weighted by molar-refractivity contribution is 6.31. The molecule has 2 unspecified atom stereocenters. The van der Waals surface area contributed by atoms with Gasteiger partial charge in [-0.05, 0) is 42.5 Å². The Kier molecular flexibility index (Phi) is 3.88. The maximum absolute atomic E-state index is 6.37.